The van der Waals surface area contributed by atoms with E-state index in [0.717, 1.165) is 32.4 Å². The number of aliphatic hydroxyl groups excluding tert-OH is 1. The molecular weight excluding hydrogens is 270 g/mol. The van der Waals surface area contributed by atoms with E-state index in [9.17, 15) is 8.78 Å². The molecule has 0 saturated carbocycles. The quantitative estimate of drug-likeness (QED) is 0.724. The third-order valence-corrected chi connectivity index (χ3v) is 3.02. The van der Waals surface area contributed by atoms with Crippen LogP contribution in [0.25, 0.3) is 0 Å². The van der Waals surface area contributed by atoms with Gasteiger partial charge in [-0.1, -0.05) is 0 Å². The van der Waals surface area contributed by atoms with Crippen LogP contribution in [0.3, 0.4) is 0 Å². The molecule has 112 valence electrons. The lowest BCUT2D eigenvalue weighted by atomic mass is 10.1. The number of hydrogen-bond acceptors (Lipinski definition) is 7. The second-order valence-electron chi connectivity index (χ2n) is 4.73. The average Bonchev–Trinajstić information content (AvgIpc) is 2.46. The Morgan fingerprint density at radius 1 is 1.20 bits per heavy atom. The summed E-state index contributed by atoms with van der Waals surface area (Å²) in [7, 11) is 0. The number of hydrogen-bond donors (Lipinski definition) is 3. The Kier molecular flexibility index (Phi) is 4.48. The lowest BCUT2D eigenvalue weighted by Crippen LogP contribution is -2.33. The van der Waals surface area contributed by atoms with E-state index >= 15 is 0 Å². The van der Waals surface area contributed by atoms with E-state index in [4.69, 9.17) is 10.8 Å². The third-order valence-electron chi connectivity index (χ3n) is 3.02. The SMILES string of the molecule is Nc1nc(NCC(F)(F)CO)nc(N2CCCCC2)n1. The number of aliphatic hydroxyl groups is 1. The summed E-state index contributed by atoms with van der Waals surface area (Å²) in [5, 5.41) is 10.9. The summed E-state index contributed by atoms with van der Waals surface area (Å²) in [4.78, 5) is 13.8. The van der Waals surface area contributed by atoms with Crippen LogP contribution in [0.2, 0.25) is 0 Å². The Labute approximate surface area is 115 Å². The predicted molar refractivity (Wildman–Crippen MR) is 70.8 cm³/mol. The highest BCUT2D eigenvalue weighted by molar-refractivity contribution is 5.42. The molecule has 0 aromatic carbocycles. The molecule has 0 aliphatic carbocycles. The van der Waals surface area contributed by atoms with Gasteiger partial charge in [-0.3, -0.25) is 0 Å². The van der Waals surface area contributed by atoms with Gasteiger partial charge in [-0.15, -0.1) is 0 Å². The van der Waals surface area contributed by atoms with Crippen molar-refractivity contribution in [1.29, 1.82) is 0 Å². The number of piperidine rings is 1. The molecule has 4 N–H and O–H groups in total. The molecule has 1 aliphatic rings. The van der Waals surface area contributed by atoms with Crippen LogP contribution in [-0.4, -0.2) is 52.2 Å². The maximum absolute atomic E-state index is 13.0. The van der Waals surface area contributed by atoms with E-state index in [2.05, 4.69) is 20.3 Å². The van der Waals surface area contributed by atoms with Crippen molar-refractivity contribution in [2.45, 2.75) is 25.2 Å². The zero-order valence-corrected chi connectivity index (χ0v) is 11.0. The van der Waals surface area contributed by atoms with Crippen molar-refractivity contribution in [3.8, 4) is 0 Å². The number of halogens is 2. The van der Waals surface area contributed by atoms with Gasteiger partial charge in [-0.05, 0) is 19.3 Å². The summed E-state index contributed by atoms with van der Waals surface area (Å²) in [5.74, 6) is -2.86. The molecule has 1 aromatic rings. The third kappa shape index (κ3) is 3.86. The number of rotatable bonds is 5. The largest absolute Gasteiger partial charge is 0.390 e. The fourth-order valence-corrected chi connectivity index (χ4v) is 1.96. The first-order valence-corrected chi connectivity index (χ1v) is 6.49. The highest BCUT2D eigenvalue weighted by atomic mass is 19.3. The number of aromatic nitrogens is 3. The zero-order chi connectivity index (χ0) is 14.6. The van der Waals surface area contributed by atoms with Gasteiger partial charge in [0.1, 0.15) is 6.61 Å². The second kappa shape index (κ2) is 6.12. The fraction of sp³-hybridized carbons (Fsp3) is 0.727. The zero-order valence-electron chi connectivity index (χ0n) is 11.0. The number of nitrogen functional groups attached to an aromatic ring is 1. The van der Waals surface area contributed by atoms with Crippen LogP contribution < -0.4 is 16.0 Å². The fourth-order valence-electron chi connectivity index (χ4n) is 1.96. The maximum atomic E-state index is 13.0. The highest BCUT2D eigenvalue weighted by Crippen LogP contribution is 2.18. The summed E-state index contributed by atoms with van der Waals surface area (Å²) in [5.41, 5.74) is 5.57. The van der Waals surface area contributed by atoms with Crippen LogP contribution in [0.5, 0.6) is 0 Å². The summed E-state index contributed by atoms with van der Waals surface area (Å²) < 4.78 is 25.9. The molecule has 0 bridgehead atoms. The first kappa shape index (κ1) is 14.6. The Bertz CT molecular complexity index is 453. The summed E-state index contributed by atoms with van der Waals surface area (Å²) in [6, 6.07) is 0. The molecule has 0 spiro atoms. The van der Waals surface area contributed by atoms with Gasteiger partial charge >= 0.3 is 0 Å². The Morgan fingerprint density at radius 2 is 1.90 bits per heavy atom. The van der Waals surface area contributed by atoms with Gasteiger partial charge in [0.15, 0.2) is 0 Å². The van der Waals surface area contributed by atoms with Crippen molar-refractivity contribution in [3.05, 3.63) is 0 Å². The first-order valence-electron chi connectivity index (χ1n) is 6.49. The monoisotopic (exact) mass is 288 g/mol. The van der Waals surface area contributed by atoms with Gasteiger partial charge in [-0.25, -0.2) is 8.78 Å². The minimum absolute atomic E-state index is 0.00815. The molecule has 0 radical (unpaired) electrons. The van der Waals surface area contributed by atoms with Crippen molar-refractivity contribution < 1.29 is 13.9 Å². The Morgan fingerprint density at radius 3 is 2.55 bits per heavy atom. The van der Waals surface area contributed by atoms with Crippen molar-refractivity contribution in [3.63, 3.8) is 0 Å². The molecule has 1 saturated heterocycles. The molecule has 2 heterocycles. The molecule has 0 atom stereocenters. The number of nitrogens with two attached hydrogens (primary N) is 1. The maximum Gasteiger partial charge on any atom is 0.287 e. The first-order chi connectivity index (χ1) is 9.50. The second-order valence-corrected chi connectivity index (χ2v) is 4.73. The molecule has 0 amide bonds. The summed E-state index contributed by atoms with van der Waals surface area (Å²) in [6.07, 6.45) is 3.23. The van der Waals surface area contributed by atoms with Crippen molar-refractivity contribution in [1.82, 2.24) is 15.0 Å². The van der Waals surface area contributed by atoms with Gasteiger partial charge in [-0.2, -0.15) is 15.0 Å². The lowest BCUT2D eigenvalue weighted by Gasteiger charge is -2.26. The average molecular weight is 288 g/mol. The summed E-state index contributed by atoms with van der Waals surface area (Å²) >= 11 is 0. The predicted octanol–water partition coefficient (Wildman–Crippen LogP) is 0.484. The van der Waals surface area contributed by atoms with Gasteiger partial charge in [0.2, 0.25) is 17.8 Å². The number of alkyl halides is 2. The van der Waals surface area contributed by atoms with Crippen LogP contribution in [0, 0.1) is 0 Å². The van der Waals surface area contributed by atoms with Crippen molar-refractivity contribution in [2.24, 2.45) is 0 Å². The topological polar surface area (TPSA) is 100 Å². The molecule has 0 unspecified atom stereocenters. The molecule has 7 nitrogen and oxygen atoms in total. The van der Waals surface area contributed by atoms with E-state index in [-0.39, 0.29) is 11.9 Å². The van der Waals surface area contributed by atoms with E-state index in [0.29, 0.717) is 5.95 Å². The molecule has 2 rings (SSSR count). The van der Waals surface area contributed by atoms with Gasteiger partial charge < -0.3 is 21.1 Å². The van der Waals surface area contributed by atoms with E-state index in [1.54, 1.807) is 0 Å². The van der Waals surface area contributed by atoms with Crippen LogP contribution in [-0.2, 0) is 0 Å². The minimum atomic E-state index is -3.23. The minimum Gasteiger partial charge on any atom is -0.390 e. The lowest BCUT2D eigenvalue weighted by molar-refractivity contribution is -0.0374. The van der Waals surface area contributed by atoms with Crippen LogP contribution in [0.4, 0.5) is 26.6 Å². The van der Waals surface area contributed by atoms with Crippen LogP contribution in [0.1, 0.15) is 19.3 Å². The molecule has 1 aromatic heterocycles. The van der Waals surface area contributed by atoms with Crippen LogP contribution >= 0.6 is 0 Å². The number of anilines is 3. The number of nitrogens with zero attached hydrogens (tertiary/aromatic N) is 4. The number of nitrogens with one attached hydrogen (secondary N) is 1. The van der Waals surface area contributed by atoms with Gasteiger partial charge in [0, 0.05) is 13.1 Å². The molecule has 1 fully saturated rings. The molecule has 1 aliphatic heterocycles. The molecule has 9 heteroatoms. The highest BCUT2D eigenvalue weighted by Gasteiger charge is 2.28. The molecular formula is C11H18F2N6O. The van der Waals surface area contributed by atoms with Crippen LogP contribution in [0.15, 0.2) is 0 Å². The standard InChI is InChI=1S/C11H18F2N6O/c12-11(13,7-20)6-15-9-16-8(14)17-10(18-9)19-4-2-1-3-5-19/h20H,1-7H2,(H3,14,15,16,17,18). The van der Waals surface area contributed by atoms with E-state index < -0.39 is 19.1 Å². The Hall–Kier alpha value is -1.77. The summed E-state index contributed by atoms with van der Waals surface area (Å²) in [6.45, 7) is -0.364. The van der Waals surface area contributed by atoms with Gasteiger partial charge in [0.05, 0.1) is 6.54 Å². The molecule has 20 heavy (non-hydrogen) atoms. The van der Waals surface area contributed by atoms with Crippen molar-refractivity contribution >= 4 is 17.8 Å². The van der Waals surface area contributed by atoms with Gasteiger partial charge in [0.25, 0.3) is 5.92 Å². The van der Waals surface area contributed by atoms with Crippen molar-refractivity contribution in [2.75, 3.05) is 42.2 Å². The van der Waals surface area contributed by atoms with E-state index in [1.165, 1.54) is 0 Å². The normalized spacial score (nSPS) is 16.2. The smallest absolute Gasteiger partial charge is 0.287 e. The Balaban J connectivity index is 2.08. The van der Waals surface area contributed by atoms with E-state index in [1.807, 2.05) is 4.90 Å².